The van der Waals surface area contributed by atoms with Crippen molar-refractivity contribution in [2.24, 2.45) is 39.3 Å². The molecular weight excluding hydrogens is 668 g/mol. The molecule has 1 aromatic rings. The third kappa shape index (κ3) is 6.28. The van der Waals surface area contributed by atoms with Crippen molar-refractivity contribution in [2.45, 2.75) is 122 Å². The zero-order chi connectivity index (χ0) is 37.1. The number of ketones is 1. The summed E-state index contributed by atoms with van der Waals surface area (Å²) in [5.41, 5.74) is 6.95. The lowest BCUT2D eigenvalue weighted by molar-refractivity contribution is -0.203. The van der Waals surface area contributed by atoms with Crippen LogP contribution in [-0.2, 0) is 23.7 Å². The average Bonchev–Trinajstić information content (AvgIpc) is 3.56. The lowest BCUT2D eigenvalue weighted by Crippen LogP contribution is -2.64. The number of allylic oxidation sites excluding steroid dienone is 3. The van der Waals surface area contributed by atoms with Crippen molar-refractivity contribution < 1.29 is 38.0 Å². The molecule has 3 saturated carbocycles. The first-order chi connectivity index (χ1) is 24.0. The Kier molecular flexibility index (Phi) is 10.4. The Bertz CT molecular complexity index is 1640. The van der Waals surface area contributed by atoms with Crippen molar-refractivity contribution in [3.63, 3.8) is 0 Å². The van der Waals surface area contributed by atoms with Crippen LogP contribution in [0.1, 0.15) is 96.8 Å². The van der Waals surface area contributed by atoms with Gasteiger partial charge in [-0.15, -0.1) is 0 Å². The monoisotopic (exact) mass is 723 g/mol. The number of carbonyl (C=O) groups is 2. The minimum atomic E-state index is -1.17. The summed E-state index contributed by atoms with van der Waals surface area (Å²) in [7, 11) is 0.382. The SMILES string of the molecule is CCCC1O[C@@H]2CC3[C@@H]4CCC5=CC(=Nc6ccc(F)c(C(=O)OC)c6)C(=CN)C[C@]5(C)C4C(O)C[C@]3(C)[C@]2(C(=O)COC[Si+](C)C(C)(C)C)O1. The van der Waals surface area contributed by atoms with Crippen LogP contribution in [0.15, 0.2) is 46.6 Å². The molecule has 4 unspecified atom stereocenters. The van der Waals surface area contributed by atoms with E-state index < -0.39 is 49.4 Å². The maximum Gasteiger partial charge on any atom is 0.345 e. The number of fused-ring (bicyclic) bond motifs is 7. The van der Waals surface area contributed by atoms with E-state index in [9.17, 15) is 19.1 Å². The van der Waals surface area contributed by atoms with Gasteiger partial charge in [-0.05, 0) is 119 Å². The van der Waals surface area contributed by atoms with Gasteiger partial charge in [-0.1, -0.05) is 32.8 Å². The molecule has 0 radical (unpaired) electrons. The summed E-state index contributed by atoms with van der Waals surface area (Å²) in [6.45, 7) is 15.4. The van der Waals surface area contributed by atoms with Gasteiger partial charge < -0.3 is 29.8 Å². The van der Waals surface area contributed by atoms with Gasteiger partial charge in [-0.3, -0.25) is 4.79 Å². The fraction of sp³-hybridized carbons (Fsp3) is 0.675. The number of nitrogens with zero attached hydrogens (tertiary/aromatic N) is 1. The largest absolute Gasteiger partial charge is 0.465 e. The lowest BCUT2D eigenvalue weighted by atomic mass is 9.45. The van der Waals surface area contributed by atoms with Crippen LogP contribution in [0.3, 0.4) is 0 Å². The van der Waals surface area contributed by atoms with E-state index in [0.29, 0.717) is 43.3 Å². The molecule has 0 bridgehead atoms. The Morgan fingerprint density at radius 3 is 2.67 bits per heavy atom. The van der Waals surface area contributed by atoms with Crippen LogP contribution in [0.25, 0.3) is 0 Å². The predicted octanol–water partition coefficient (Wildman–Crippen LogP) is 7.01. The van der Waals surface area contributed by atoms with Gasteiger partial charge in [-0.2, -0.15) is 0 Å². The summed E-state index contributed by atoms with van der Waals surface area (Å²) < 4.78 is 38.7. The molecule has 4 fully saturated rings. The van der Waals surface area contributed by atoms with Gasteiger partial charge in [0.15, 0.2) is 23.9 Å². The number of aliphatic hydroxyl groups is 1. The number of hydrogen-bond donors (Lipinski definition) is 2. The van der Waals surface area contributed by atoms with Crippen LogP contribution >= 0.6 is 0 Å². The van der Waals surface area contributed by atoms with E-state index in [4.69, 9.17) is 29.7 Å². The number of aliphatic hydroxyl groups excluding tert-OH is 1. The van der Waals surface area contributed by atoms with Gasteiger partial charge >= 0.3 is 14.8 Å². The number of rotatable bonds is 9. The van der Waals surface area contributed by atoms with Crippen LogP contribution in [0.4, 0.5) is 10.1 Å². The summed E-state index contributed by atoms with van der Waals surface area (Å²) in [6, 6.07) is 4.13. The molecule has 51 heavy (non-hydrogen) atoms. The van der Waals surface area contributed by atoms with Gasteiger partial charge in [0, 0.05) is 5.41 Å². The highest BCUT2D eigenvalue weighted by Crippen LogP contribution is 2.70. The molecule has 11 heteroatoms. The van der Waals surface area contributed by atoms with Gasteiger partial charge in [0.2, 0.25) is 0 Å². The van der Waals surface area contributed by atoms with Crippen LogP contribution in [0.5, 0.6) is 0 Å². The number of methoxy groups -OCH3 is 1. The third-order valence-electron chi connectivity index (χ3n) is 13.2. The van der Waals surface area contributed by atoms with Crippen LogP contribution < -0.4 is 5.73 Å². The highest BCUT2D eigenvalue weighted by molar-refractivity contribution is 6.60. The van der Waals surface area contributed by atoms with E-state index in [0.717, 1.165) is 24.8 Å². The molecule has 4 aliphatic carbocycles. The minimum Gasteiger partial charge on any atom is -0.465 e. The number of esters is 1. The molecule has 9 nitrogen and oxygen atoms in total. The Morgan fingerprint density at radius 2 is 2.00 bits per heavy atom. The van der Waals surface area contributed by atoms with Crippen LogP contribution in [-0.4, -0.2) is 75.4 Å². The van der Waals surface area contributed by atoms with Crippen LogP contribution in [0, 0.1) is 34.4 Å². The summed E-state index contributed by atoms with van der Waals surface area (Å²) in [5, 5.41) is 12.5. The number of aliphatic imine (C=N–C) groups is 1. The molecule has 1 aliphatic heterocycles. The topological polar surface area (TPSA) is 130 Å². The van der Waals surface area contributed by atoms with Crippen molar-refractivity contribution >= 4 is 31.9 Å². The van der Waals surface area contributed by atoms with E-state index in [2.05, 4.69) is 54.2 Å². The molecule has 0 aromatic heterocycles. The standard InChI is InChI=1S/C40H56FN2O7Si/c1-9-10-34-49-33-17-28-26-13-11-24-15-30(43-25-12-14-29(41)27(16-25)36(46)47-7)23(20-42)18-38(24,5)35(26)31(44)19-39(28,6)40(33,50-34)32(45)21-48-22-51(8)37(2,3)4/h12,14-16,20,26,28,31,33-35,44H,9-11,13,17-19,21-22,42H2,1-8H3/q+1/t26-,28?,31?,33+,34?,35?,38-,39-,40+/m0/s1. The second kappa shape index (κ2) is 13.9. The van der Waals surface area contributed by atoms with E-state index in [1.807, 2.05) is 0 Å². The number of nitrogens with two attached hydrogens (primary N) is 1. The van der Waals surface area contributed by atoms with Crippen LogP contribution in [0.2, 0.25) is 11.6 Å². The smallest absolute Gasteiger partial charge is 0.345 e. The Labute approximate surface area is 303 Å². The van der Waals surface area contributed by atoms with E-state index in [1.165, 1.54) is 30.9 Å². The molecule has 278 valence electrons. The molecule has 1 saturated heterocycles. The van der Waals surface area contributed by atoms with Gasteiger partial charge in [0.25, 0.3) is 0 Å². The van der Waals surface area contributed by atoms with E-state index in [-0.39, 0.29) is 46.8 Å². The molecule has 5 aliphatic rings. The van der Waals surface area contributed by atoms with E-state index >= 15 is 0 Å². The fourth-order valence-electron chi connectivity index (χ4n) is 10.2. The average molecular weight is 724 g/mol. The van der Waals surface area contributed by atoms with Crippen molar-refractivity contribution in [1.82, 2.24) is 0 Å². The van der Waals surface area contributed by atoms with Gasteiger partial charge in [0.05, 0.1) is 47.9 Å². The molecule has 1 heterocycles. The molecule has 1 aromatic carbocycles. The maximum absolute atomic E-state index is 14.5. The second-order valence-electron chi connectivity index (χ2n) is 17.0. The Hall–Kier alpha value is -2.70. The quantitative estimate of drug-likeness (QED) is 0.206. The highest BCUT2D eigenvalue weighted by Gasteiger charge is 2.76. The van der Waals surface area contributed by atoms with Gasteiger partial charge in [-0.25, -0.2) is 14.2 Å². The molecule has 9 atom stereocenters. The number of ether oxygens (including phenoxy) is 4. The summed E-state index contributed by atoms with van der Waals surface area (Å²) in [5.74, 6) is -1.33. The number of benzene rings is 1. The molecule has 0 amide bonds. The lowest BCUT2D eigenvalue weighted by Gasteiger charge is -2.60. The first kappa shape index (κ1) is 38.0. The first-order valence-corrected chi connectivity index (χ1v) is 20.8. The van der Waals surface area contributed by atoms with Gasteiger partial charge in [0.1, 0.15) is 12.4 Å². The summed E-state index contributed by atoms with van der Waals surface area (Å²) >= 11 is 0. The van der Waals surface area contributed by atoms with Crippen molar-refractivity contribution in [1.29, 1.82) is 0 Å². The zero-order valence-electron chi connectivity index (χ0n) is 31.5. The minimum absolute atomic E-state index is 0.0180. The summed E-state index contributed by atoms with van der Waals surface area (Å²) in [4.78, 5) is 31.5. The van der Waals surface area contributed by atoms with Crippen molar-refractivity contribution in [2.75, 3.05) is 19.9 Å². The number of halogens is 1. The predicted molar refractivity (Wildman–Crippen MR) is 196 cm³/mol. The highest BCUT2D eigenvalue weighted by atomic mass is 28.3. The Balaban J connectivity index is 1.31. The van der Waals surface area contributed by atoms with Crippen molar-refractivity contribution in [3.8, 4) is 0 Å². The fourth-order valence-corrected chi connectivity index (χ4v) is 11.1. The third-order valence-corrected chi connectivity index (χ3v) is 16.4. The number of carbonyl (C=O) groups excluding carboxylic acids is 2. The number of hydrogen-bond acceptors (Lipinski definition) is 9. The molecule has 0 spiro atoms. The summed E-state index contributed by atoms with van der Waals surface area (Å²) in [6.07, 6.45) is 7.61. The van der Waals surface area contributed by atoms with Crippen molar-refractivity contribution in [3.05, 3.63) is 53.0 Å². The molecule has 6 rings (SSSR count). The van der Waals surface area contributed by atoms with E-state index in [1.54, 1.807) is 6.20 Å². The molecular formula is C40H56FN2O7Si+. The molecule has 3 N–H and O–H groups in total. The second-order valence-corrected chi connectivity index (χ2v) is 20.4. The normalized spacial score (nSPS) is 37.3. The first-order valence-electron chi connectivity index (χ1n) is 18.6. The zero-order valence-corrected chi connectivity index (χ0v) is 32.5. The maximum atomic E-state index is 14.5. The number of Topliss-reactive ketones (excluding diaryl/α,β-unsaturated/α-hetero) is 1. The Morgan fingerprint density at radius 1 is 1.25 bits per heavy atom.